The molecule has 0 N–H and O–H groups in total. The number of rotatable bonds is 0. The van der Waals surface area contributed by atoms with E-state index < -0.39 is 0 Å². The lowest BCUT2D eigenvalue weighted by molar-refractivity contribution is 0.642. The van der Waals surface area contributed by atoms with Crippen LogP contribution in [-0.4, -0.2) is 0 Å². The van der Waals surface area contributed by atoms with Gasteiger partial charge in [-0.1, -0.05) is 0 Å². The molecule has 0 radical (unpaired) electrons. The normalized spacial score (nSPS) is 21.5. The molecule has 2 aromatic carbocycles. The third-order valence-electron chi connectivity index (χ3n) is 7.56. The van der Waals surface area contributed by atoms with Crippen molar-refractivity contribution in [2.24, 2.45) is 0 Å². The van der Waals surface area contributed by atoms with E-state index in [4.69, 9.17) is 0 Å². The monoisotopic (exact) mass is 316 g/mol. The quantitative estimate of drug-likeness (QED) is 0.595. The Bertz CT molecular complexity index is 729. The molecular formula is C24H28. The lowest BCUT2D eigenvalue weighted by Gasteiger charge is -2.36. The van der Waals surface area contributed by atoms with Crippen molar-refractivity contribution in [1.29, 1.82) is 0 Å². The zero-order chi connectivity index (χ0) is 15.7. The van der Waals surface area contributed by atoms with E-state index in [1.54, 1.807) is 10.8 Å². The molecule has 4 aliphatic rings. The van der Waals surface area contributed by atoms with Gasteiger partial charge in [0.15, 0.2) is 0 Å². The van der Waals surface area contributed by atoms with Crippen LogP contribution >= 0.6 is 0 Å². The Balaban J connectivity index is 1.83. The molecule has 6 rings (SSSR count). The summed E-state index contributed by atoms with van der Waals surface area (Å²) in [5, 5.41) is 3.60. The molecule has 0 nitrogen and oxygen atoms in total. The number of hydrogen-bond donors (Lipinski definition) is 0. The highest BCUT2D eigenvalue weighted by molar-refractivity contribution is 5.99. The zero-order valence-corrected chi connectivity index (χ0v) is 14.9. The SMILES string of the molecule is C1CCc2c(c3c4c(c5c(c6c4c2CCC6)CCCC5)CCC3)C1. The van der Waals surface area contributed by atoms with E-state index in [0.717, 1.165) is 0 Å². The van der Waals surface area contributed by atoms with Crippen LogP contribution in [-0.2, 0) is 51.4 Å². The molecule has 0 fully saturated rings. The molecular weight excluding hydrogens is 288 g/mol. The van der Waals surface area contributed by atoms with Crippen LogP contribution in [0.2, 0.25) is 0 Å². The summed E-state index contributed by atoms with van der Waals surface area (Å²) in [4.78, 5) is 0. The Morgan fingerprint density at radius 1 is 0.250 bits per heavy atom. The minimum Gasteiger partial charge on any atom is -0.0489 e. The summed E-state index contributed by atoms with van der Waals surface area (Å²) in [6.45, 7) is 0. The van der Waals surface area contributed by atoms with Gasteiger partial charge < -0.3 is 0 Å². The fourth-order valence-corrected chi connectivity index (χ4v) is 6.70. The molecule has 0 heteroatoms. The summed E-state index contributed by atoms with van der Waals surface area (Å²) in [5.74, 6) is 0. The number of hydrogen-bond acceptors (Lipinski definition) is 0. The molecule has 0 saturated heterocycles. The summed E-state index contributed by atoms with van der Waals surface area (Å²) < 4.78 is 0. The van der Waals surface area contributed by atoms with Gasteiger partial charge in [-0.3, -0.25) is 0 Å². The summed E-state index contributed by atoms with van der Waals surface area (Å²) >= 11 is 0. The van der Waals surface area contributed by atoms with Gasteiger partial charge in [0.05, 0.1) is 0 Å². The van der Waals surface area contributed by atoms with E-state index in [1.165, 1.54) is 89.9 Å². The summed E-state index contributed by atoms with van der Waals surface area (Å²) in [6.07, 6.45) is 19.5. The molecule has 0 unspecified atom stereocenters. The summed E-state index contributed by atoms with van der Waals surface area (Å²) in [7, 11) is 0. The first-order valence-corrected chi connectivity index (χ1v) is 10.6. The maximum absolute atomic E-state index is 1.83. The second kappa shape index (κ2) is 5.10. The first-order chi connectivity index (χ1) is 11.9. The van der Waals surface area contributed by atoms with Gasteiger partial charge in [-0.15, -0.1) is 0 Å². The zero-order valence-electron chi connectivity index (χ0n) is 14.9. The highest BCUT2D eigenvalue weighted by atomic mass is 14.4. The predicted octanol–water partition coefficient (Wildman–Crippen LogP) is 5.57. The highest BCUT2D eigenvalue weighted by Gasteiger charge is 2.31. The lowest BCUT2D eigenvalue weighted by atomic mass is 9.69. The molecule has 0 saturated carbocycles. The van der Waals surface area contributed by atoms with E-state index in [2.05, 4.69) is 0 Å². The van der Waals surface area contributed by atoms with Crippen molar-refractivity contribution >= 4 is 10.8 Å². The Kier molecular flexibility index (Phi) is 2.96. The van der Waals surface area contributed by atoms with E-state index >= 15 is 0 Å². The van der Waals surface area contributed by atoms with Crippen molar-refractivity contribution in [1.82, 2.24) is 0 Å². The van der Waals surface area contributed by atoms with Gasteiger partial charge in [0.1, 0.15) is 0 Å². The number of fused-ring (bicyclic) bond motifs is 6. The third kappa shape index (κ3) is 1.70. The van der Waals surface area contributed by atoms with Crippen molar-refractivity contribution in [3.63, 3.8) is 0 Å². The molecule has 4 aliphatic carbocycles. The van der Waals surface area contributed by atoms with Crippen LogP contribution < -0.4 is 0 Å². The van der Waals surface area contributed by atoms with Gasteiger partial charge in [0.2, 0.25) is 0 Å². The van der Waals surface area contributed by atoms with Crippen LogP contribution in [0.1, 0.15) is 83.0 Å². The van der Waals surface area contributed by atoms with E-state index in [0.29, 0.717) is 0 Å². The minimum atomic E-state index is 1.37. The molecule has 0 aromatic heterocycles. The molecule has 2 aromatic rings. The van der Waals surface area contributed by atoms with Gasteiger partial charge in [0.25, 0.3) is 0 Å². The van der Waals surface area contributed by atoms with Crippen LogP contribution in [0.15, 0.2) is 0 Å². The van der Waals surface area contributed by atoms with Crippen LogP contribution in [0.5, 0.6) is 0 Å². The minimum absolute atomic E-state index is 1.37. The average molecular weight is 316 g/mol. The molecule has 0 bridgehead atoms. The van der Waals surface area contributed by atoms with Gasteiger partial charge >= 0.3 is 0 Å². The van der Waals surface area contributed by atoms with Crippen LogP contribution in [0.4, 0.5) is 0 Å². The topological polar surface area (TPSA) is 0 Å². The molecule has 0 atom stereocenters. The maximum Gasteiger partial charge on any atom is -0.0108 e. The second-order valence-corrected chi connectivity index (χ2v) is 8.70. The van der Waals surface area contributed by atoms with Gasteiger partial charge in [-0.05, 0) is 145 Å². The van der Waals surface area contributed by atoms with E-state index in [9.17, 15) is 0 Å². The summed E-state index contributed by atoms with van der Waals surface area (Å²) in [6, 6.07) is 0. The Morgan fingerprint density at radius 3 is 0.792 bits per heavy atom. The standard InChI is InChI=1S/C24H28/c1-2-8-16-15(7-1)19-11-5-13-21-17-9-3-4-10-18(17)22-14-6-12-20(16)24(22)23(19)21/h1-14H2. The number of aryl methyl sites for hydroxylation is 4. The Labute approximate surface area is 145 Å². The molecule has 0 amide bonds. The Morgan fingerprint density at radius 2 is 0.500 bits per heavy atom. The predicted molar refractivity (Wildman–Crippen MR) is 101 cm³/mol. The van der Waals surface area contributed by atoms with Crippen molar-refractivity contribution < 1.29 is 0 Å². The molecule has 0 aliphatic heterocycles. The first kappa shape index (κ1) is 13.9. The maximum atomic E-state index is 1.83. The number of benzene rings is 2. The fraction of sp³-hybridized carbons (Fsp3) is 0.583. The molecule has 0 spiro atoms. The van der Waals surface area contributed by atoms with Crippen molar-refractivity contribution in [2.45, 2.75) is 89.9 Å². The molecule has 0 heterocycles. The fourth-order valence-electron chi connectivity index (χ4n) is 6.70. The third-order valence-corrected chi connectivity index (χ3v) is 7.56. The average Bonchev–Trinajstić information content (AvgIpc) is 2.67. The van der Waals surface area contributed by atoms with Crippen LogP contribution in [0.25, 0.3) is 10.8 Å². The Hall–Kier alpha value is -1.30. The lowest BCUT2D eigenvalue weighted by Crippen LogP contribution is -2.21. The van der Waals surface area contributed by atoms with Crippen LogP contribution in [0, 0.1) is 0 Å². The first-order valence-electron chi connectivity index (χ1n) is 10.6. The largest absolute Gasteiger partial charge is 0.0489 e. The van der Waals surface area contributed by atoms with Gasteiger partial charge in [-0.2, -0.15) is 0 Å². The summed E-state index contributed by atoms with van der Waals surface area (Å²) in [5.41, 5.74) is 14.6. The van der Waals surface area contributed by atoms with Gasteiger partial charge in [-0.25, -0.2) is 0 Å². The van der Waals surface area contributed by atoms with Crippen molar-refractivity contribution in [3.8, 4) is 0 Å². The molecule has 24 heavy (non-hydrogen) atoms. The van der Waals surface area contributed by atoms with Crippen molar-refractivity contribution in [3.05, 3.63) is 44.5 Å². The van der Waals surface area contributed by atoms with E-state index in [1.807, 2.05) is 44.5 Å². The second-order valence-electron chi connectivity index (χ2n) is 8.70. The molecule has 124 valence electrons. The smallest absolute Gasteiger partial charge is 0.0108 e. The van der Waals surface area contributed by atoms with E-state index in [-0.39, 0.29) is 0 Å². The van der Waals surface area contributed by atoms with Crippen LogP contribution in [0.3, 0.4) is 0 Å². The van der Waals surface area contributed by atoms with Crippen molar-refractivity contribution in [2.75, 3.05) is 0 Å². The van der Waals surface area contributed by atoms with Gasteiger partial charge in [0, 0.05) is 0 Å². The highest BCUT2D eigenvalue weighted by Crippen LogP contribution is 2.47.